The zero-order valence-electron chi connectivity index (χ0n) is 15.8. The summed E-state index contributed by atoms with van der Waals surface area (Å²) in [7, 11) is 0. The summed E-state index contributed by atoms with van der Waals surface area (Å²) in [5.74, 6) is 0.360. The van der Waals surface area contributed by atoms with E-state index in [1.54, 1.807) is 6.07 Å². The van der Waals surface area contributed by atoms with Crippen LogP contribution in [0.2, 0.25) is 0 Å². The highest BCUT2D eigenvalue weighted by Crippen LogP contribution is 2.40. The lowest BCUT2D eigenvalue weighted by Gasteiger charge is -2.37. The van der Waals surface area contributed by atoms with Gasteiger partial charge in [0.05, 0.1) is 17.3 Å². The SMILES string of the molecule is CC(=O)Nc1cnc2[nH]c(=O)n([C@H]3CC[C@@H](C(C)(C)C)CC3)c(=O)c2c1. The summed E-state index contributed by atoms with van der Waals surface area (Å²) in [5.41, 5.74) is 0.165. The first-order valence-electron chi connectivity index (χ1n) is 9.09. The van der Waals surface area contributed by atoms with E-state index in [-0.39, 0.29) is 28.6 Å². The number of aromatic amines is 1. The predicted molar refractivity (Wildman–Crippen MR) is 101 cm³/mol. The van der Waals surface area contributed by atoms with E-state index in [0.29, 0.717) is 17.0 Å². The Morgan fingerprint density at radius 2 is 1.88 bits per heavy atom. The number of carbonyl (C=O) groups excluding carboxylic acids is 1. The number of pyridine rings is 1. The summed E-state index contributed by atoms with van der Waals surface area (Å²) >= 11 is 0. The normalized spacial score (nSPS) is 20.9. The zero-order chi connectivity index (χ0) is 19.1. The molecule has 0 aromatic carbocycles. The lowest BCUT2D eigenvalue weighted by molar-refractivity contribution is -0.114. The molecular formula is C19H26N4O3. The lowest BCUT2D eigenvalue weighted by atomic mass is 9.71. The van der Waals surface area contributed by atoms with E-state index in [9.17, 15) is 14.4 Å². The Kier molecular flexibility index (Phi) is 4.73. The van der Waals surface area contributed by atoms with Crippen molar-refractivity contribution in [3.8, 4) is 0 Å². The van der Waals surface area contributed by atoms with Crippen LogP contribution in [0.5, 0.6) is 0 Å². The number of nitrogens with zero attached hydrogens (tertiary/aromatic N) is 2. The summed E-state index contributed by atoms with van der Waals surface area (Å²) in [6.45, 7) is 8.11. The third kappa shape index (κ3) is 3.57. The zero-order valence-corrected chi connectivity index (χ0v) is 15.8. The average Bonchev–Trinajstić information content (AvgIpc) is 2.55. The van der Waals surface area contributed by atoms with Crippen LogP contribution >= 0.6 is 0 Å². The maximum atomic E-state index is 13.0. The third-order valence-corrected chi connectivity index (χ3v) is 5.39. The van der Waals surface area contributed by atoms with E-state index in [0.717, 1.165) is 25.7 Å². The minimum absolute atomic E-state index is 0.0985. The van der Waals surface area contributed by atoms with Crippen LogP contribution in [0.4, 0.5) is 5.69 Å². The van der Waals surface area contributed by atoms with E-state index in [2.05, 4.69) is 36.1 Å². The first-order valence-corrected chi connectivity index (χ1v) is 9.09. The van der Waals surface area contributed by atoms with Crippen molar-refractivity contribution in [1.29, 1.82) is 0 Å². The van der Waals surface area contributed by atoms with Crippen LogP contribution in [0.3, 0.4) is 0 Å². The molecule has 1 aliphatic rings. The number of rotatable bonds is 2. The molecule has 1 saturated carbocycles. The Labute approximate surface area is 151 Å². The number of aromatic nitrogens is 3. The number of hydrogen-bond acceptors (Lipinski definition) is 4. The van der Waals surface area contributed by atoms with Crippen molar-refractivity contribution in [3.05, 3.63) is 33.1 Å². The van der Waals surface area contributed by atoms with Gasteiger partial charge in [-0.1, -0.05) is 20.8 Å². The topological polar surface area (TPSA) is 96.8 Å². The van der Waals surface area contributed by atoms with Crippen LogP contribution in [0.1, 0.15) is 59.4 Å². The summed E-state index contributed by atoms with van der Waals surface area (Å²) in [6, 6.07) is 1.47. The smallest absolute Gasteiger partial charge is 0.325 e. The molecule has 0 unspecified atom stereocenters. The van der Waals surface area contributed by atoms with E-state index in [4.69, 9.17) is 0 Å². The second-order valence-electron chi connectivity index (χ2n) is 8.28. The molecule has 7 nitrogen and oxygen atoms in total. The Balaban J connectivity index is 1.97. The molecule has 2 heterocycles. The molecule has 2 N–H and O–H groups in total. The van der Waals surface area contributed by atoms with Gasteiger partial charge in [-0.2, -0.15) is 0 Å². The lowest BCUT2D eigenvalue weighted by Crippen LogP contribution is -2.40. The first kappa shape index (κ1) is 18.4. The van der Waals surface area contributed by atoms with Crippen LogP contribution in [0.25, 0.3) is 11.0 Å². The van der Waals surface area contributed by atoms with Crippen molar-refractivity contribution in [2.45, 2.75) is 59.4 Å². The van der Waals surface area contributed by atoms with Gasteiger partial charge in [0.15, 0.2) is 0 Å². The minimum Gasteiger partial charge on any atom is -0.325 e. The highest BCUT2D eigenvalue weighted by atomic mass is 16.2. The fourth-order valence-electron chi connectivity index (χ4n) is 3.91. The Hall–Kier alpha value is -2.44. The quantitative estimate of drug-likeness (QED) is 0.862. The molecule has 2 aromatic heterocycles. The predicted octanol–water partition coefficient (Wildman–Crippen LogP) is 2.82. The number of H-pyrrole nitrogens is 1. The second-order valence-corrected chi connectivity index (χ2v) is 8.28. The van der Waals surface area contributed by atoms with Crippen LogP contribution in [0.15, 0.2) is 21.9 Å². The molecule has 26 heavy (non-hydrogen) atoms. The van der Waals surface area contributed by atoms with Gasteiger partial charge in [-0.25, -0.2) is 9.78 Å². The van der Waals surface area contributed by atoms with Crippen LogP contribution in [0, 0.1) is 11.3 Å². The molecule has 0 aliphatic heterocycles. The molecule has 3 rings (SSSR count). The molecular weight excluding hydrogens is 332 g/mol. The molecule has 2 aromatic rings. The van der Waals surface area contributed by atoms with E-state index < -0.39 is 5.69 Å². The highest BCUT2D eigenvalue weighted by Gasteiger charge is 2.31. The van der Waals surface area contributed by atoms with Crippen LogP contribution in [-0.4, -0.2) is 20.4 Å². The maximum Gasteiger partial charge on any atom is 0.330 e. The van der Waals surface area contributed by atoms with Crippen LogP contribution in [-0.2, 0) is 4.79 Å². The van der Waals surface area contributed by atoms with Gasteiger partial charge in [-0.15, -0.1) is 0 Å². The number of carbonyl (C=O) groups is 1. The number of nitrogens with one attached hydrogen (secondary N) is 2. The Bertz CT molecular complexity index is 944. The molecule has 0 atom stereocenters. The van der Waals surface area contributed by atoms with Gasteiger partial charge < -0.3 is 5.32 Å². The highest BCUT2D eigenvalue weighted by molar-refractivity contribution is 5.90. The van der Waals surface area contributed by atoms with Crippen molar-refractivity contribution < 1.29 is 4.79 Å². The minimum atomic E-state index is -0.415. The second kappa shape index (κ2) is 6.70. The van der Waals surface area contributed by atoms with Crippen molar-refractivity contribution in [2.24, 2.45) is 11.3 Å². The number of fused-ring (bicyclic) bond motifs is 1. The van der Waals surface area contributed by atoms with Gasteiger partial charge in [0.25, 0.3) is 5.56 Å². The Morgan fingerprint density at radius 3 is 2.46 bits per heavy atom. The van der Waals surface area contributed by atoms with Gasteiger partial charge in [-0.05, 0) is 43.1 Å². The third-order valence-electron chi connectivity index (χ3n) is 5.39. The molecule has 0 spiro atoms. The van der Waals surface area contributed by atoms with E-state index in [1.807, 2.05) is 0 Å². The van der Waals surface area contributed by atoms with Gasteiger partial charge in [0.2, 0.25) is 5.91 Å². The van der Waals surface area contributed by atoms with Gasteiger partial charge in [0.1, 0.15) is 5.65 Å². The number of anilines is 1. The van der Waals surface area contributed by atoms with Crippen molar-refractivity contribution in [3.63, 3.8) is 0 Å². The van der Waals surface area contributed by atoms with Crippen LogP contribution < -0.4 is 16.6 Å². The largest absolute Gasteiger partial charge is 0.330 e. The summed E-state index contributed by atoms with van der Waals surface area (Å²) < 4.78 is 1.33. The molecule has 0 radical (unpaired) electrons. The van der Waals surface area contributed by atoms with Crippen molar-refractivity contribution in [1.82, 2.24) is 14.5 Å². The molecule has 140 valence electrons. The molecule has 0 bridgehead atoms. The molecule has 1 fully saturated rings. The molecule has 7 heteroatoms. The fourth-order valence-corrected chi connectivity index (χ4v) is 3.91. The molecule has 1 amide bonds. The monoisotopic (exact) mass is 358 g/mol. The van der Waals surface area contributed by atoms with Crippen molar-refractivity contribution in [2.75, 3.05) is 5.32 Å². The molecule has 1 aliphatic carbocycles. The van der Waals surface area contributed by atoms with E-state index >= 15 is 0 Å². The Morgan fingerprint density at radius 1 is 1.23 bits per heavy atom. The standard InChI is InChI=1S/C19H26N4O3/c1-11(24)21-13-9-15-16(20-10-13)22-18(26)23(17(15)25)14-7-5-12(6-8-14)19(2,3)4/h9-10,12,14H,5-8H2,1-4H3,(H,21,24)(H,20,22,26)/t12-,14+. The van der Waals surface area contributed by atoms with Gasteiger partial charge in [0, 0.05) is 13.0 Å². The maximum absolute atomic E-state index is 13.0. The fraction of sp³-hybridized carbons (Fsp3) is 0.579. The molecule has 0 saturated heterocycles. The first-order chi connectivity index (χ1) is 12.2. The average molecular weight is 358 g/mol. The number of hydrogen-bond donors (Lipinski definition) is 2. The summed E-state index contributed by atoms with van der Waals surface area (Å²) in [4.78, 5) is 43.5. The van der Waals surface area contributed by atoms with Gasteiger partial charge >= 0.3 is 5.69 Å². The summed E-state index contributed by atoms with van der Waals surface area (Å²) in [6.07, 6.45) is 5.06. The van der Waals surface area contributed by atoms with Crippen molar-refractivity contribution >= 4 is 22.6 Å². The van der Waals surface area contributed by atoms with E-state index in [1.165, 1.54) is 17.7 Å². The van der Waals surface area contributed by atoms with Gasteiger partial charge in [-0.3, -0.25) is 19.1 Å². The summed E-state index contributed by atoms with van der Waals surface area (Å²) in [5, 5.41) is 2.93. The number of amides is 1.